The van der Waals surface area contributed by atoms with Gasteiger partial charge in [0.25, 0.3) is 0 Å². The van der Waals surface area contributed by atoms with E-state index in [1.807, 2.05) is 18.7 Å². The van der Waals surface area contributed by atoms with Crippen LogP contribution in [0.5, 0.6) is 5.75 Å². The summed E-state index contributed by atoms with van der Waals surface area (Å²) in [5.41, 5.74) is 0.452. The molecule has 3 atom stereocenters. The summed E-state index contributed by atoms with van der Waals surface area (Å²) in [6, 6.07) is 6.29. The van der Waals surface area contributed by atoms with Gasteiger partial charge in [0.1, 0.15) is 15.3 Å². The van der Waals surface area contributed by atoms with E-state index >= 15 is 0 Å². The standard InChI is InChI=1S/C19H22N2O5S2/c1-11-9-20(10-12(2)25-11)19(27)28-16-8-17(23)21(18(16)24)14-4-6-15(7-5-14)26-13(3)22/h4-7,11-12,16H,8-10H2,1-3H3/t11-,12-,16+/m1/s1. The van der Waals surface area contributed by atoms with E-state index in [1.54, 1.807) is 24.3 Å². The molecule has 2 saturated heterocycles. The highest BCUT2D eigenvalue weighted by atomic mass is 32.2. The molecule has 0 aromatic heterocycles. The minimum absolute atomic E-state index is 0.0652. The largest absolute Gasteiger partial charge is 0.427 e. The van der Waals surface area contributed by atoms with Crippen molar-refractivity contribution in [1.82, 2.24) is 4.90 Å². The maximum Gasteiger partial charge on any atom is 0.308 e. The predicted molar refractivity (Wildman–Crippen MR) is 110 cm³/mol. The quantitative estimate of drug-likeness (QED) is 0.318. The highest BCUT2D eigenvalue weighted by Crippen LogP contribution is 2.32. The summed E-state index contributed by atoms with van der Waals surface area (Å²) in [4.78, 5) is 39.5. The van der Waals surface area contributed by atoms with Gasteiger partial charge in [0.2, 0.25) is 11.8 Å². The van der Waals surface area contributed by atoms with Crippen molar-refractivity contribution in [3.8, 4) is 5.75 Å². The molecule has 0 saturated carbocycles. The Morgan fingerprint density at radius 2 is 1.79 bits per heavy atom. The molecule has 2 aliphatic rings. The lowest BCUT2D eigenvalue weighted by Gasteiger charge is -2.36. The maximum atomic E-state index is 12.8. The van der Waals surface area contributed by atoms with Gasteiger partial charge in [-0.2, -0.15) is 0 Å². The Hall–Kier alpha value is -1.97. The Morgan fingerprint density at radius 3 is 2.36 bits per heavy atom. The van der Waals surface area contributed by atoms with Crippen molar-refractivity contribution in [2.75, 3.05) is 18.0 Å². The number of nitrogens with zero attached hydrogens (tertiary/aromatic N) is 2. The molecule has 3 rings (SSSR count). The lowest BCUT2D eigenvalue weighted by atomic mass is 10.2. The molecule has 2 amide bonds. The number of benzene rings is 1. The van der Waals surface area contributed by atoms with Gasteiger partial charge >= 0.3 is 5.97 Å². The number of hydrogen-bond acceptors (Lipinski definition) is 7. The van der Waals surface area contributed by atoms with E-state index in [4.69, 9.17) is 21.7 Å². The number of imide groups is 1. The number of amides is 2. The number of thioether (sulfide) groups is 1. The highest BCUT2D eigenvalue weighted by molar-refractivity contribution is 8.23. The summed E-state index contributed by atoms with van der Waals surface area (Å²) < 4.78 is 11.3. The summed E-state index contributed by atoms with van der Waals surface area (Å²) >= 11 is 6.78. The molecule has 2 fully saturated rings. The Balaban J connectivity index is 1.66. The molecular formula is C19H22N2O5S2. The van der Waals surface area contributed by atoms with Crippen LogP contribution in [0.25, 0.3) is 0 Å². The molecule has 1 aromatic carbocycles. The number of thiocarbonyl (C=S) groups is 1. The number of carbonyl (C=O) groups excluding carboxylic acids is 3. The number of anilines is 1. The van der Waals surface area contributed by atoms with Crippen molar-refractivity contribution in [1.29, 1.82) is 0 Å². The fraction of sp³-hybridized carbons (Fsp3) is 0.474. The molecule has 0 radical (unpaired) electrons. The minimum Gasteiger partial charge on any atom is -0.427 e. The number of morpholine rings is 1. The molecule has 9 heteroatoms. The van der Waals surface area contributed by atoms with Gasteiger partial charge < -0.3 is 14.4 Å². The van der Waals surface area contributed by atoms with Crippen LogP contribution in [0.3, 0.4) is 0 Å². The Kier molecular flexibility index (Phi) is 6.36. The molecule has 2 aliphatic heterocycles. The Morgan fingerprint density at radius 1 is 1.18 bits per heavy atom. The molecule has 28 heavy (non-hydrogen) atoms. The van der Waals surface area contributed by atoms with E-state index in [9.17, 15) is 14.4 Å². The summed E-state index contributed by atoms with van der Waals surface area (Å²) in [6.45, 7) is 6.63. The first-order valence-corrected chi connectivity index (χ1v) is 10.3. The van der Waals surface area contributed by atoms with E-state index in [0.717, 1.165) is 0 Å². The number of hydrogen-bond donors (Lipinski definition) is 0. The first-order chi connectivity index (χ1) is 13.2. The average Bonchev–Trinajstić information content (AvgIpc) is 2.88. The van der Waals surface area contributed by atoms with Crippen LogP contribution in [0.15, 0.2) is 24.3 Å². The van der Waals surface area contributed by atoms with Crippen molar-refractivity contribution in [3.05, 3.63) is 24.3 Å². The lowest BCUT2D eigenvalue weighted by Crippen LogP contribution is -2.47. The molecule has 0 bridgehead atoms. The zero-order valence-electron chi connectivity index (χ0n) is 15.9. The van der Waals surface area contributed by atoms with Crippen LogP contribution >= 0.6 is 24.0 Å². The van der Waals surface area contributed by atoms with Crippen molar-refractivity contribution in [2.24, 2.45) is 0 Å². The first kappa shape index (κ1) is 20.8. The molecule has 0 unspecified atom stereocenters. The van der Waals surface area contributed by atoms with Crippen molar-refractivity contribution < 1.29 is 23.9 Å². The predicted octanol–water partition coefficient (Wildman–Crippen LogP) is 2.37. The van der Waals surface area contributed by atoms with Gasteiger partial charge in [0.05, 0.1) is 17.9 Å². The van der Waals surface area contributed by atoms with Gasteiger partial charge in [-0.1, -0.05) is 24.0 Å². The van der Waals surface area contributed by atoms with E-state index in [0.29, 0.717) is 28.8 Å². The van der Waals surface area contributed by atoms with Gasteiger partial charge in [0, 0.05) is 26.4 Å². The normalized spacial score (nSPS) is 25.2. The van der Waals surface area contributed by atoms with E-state index in [1.165, 1.54) is 23.6 Å². The molecule has 150 valence electrons. The van der Waals surface area contributed by atoms with E-state index in [2.05, 4.69) is 0 Å². The average molecular weight is 423 g/mol. The van der Waals surface area contributed by atoms with Crippen LogP contribution in [0.1, 0.15) is 27.2 Å². The van der Waals surface area contributed by atoms with Crippen LogP contribution < -0.4 is 9.64 Å². The second-order valence-corrected chi connectivity index (χ2v) is 8.73. The van der Waals surface area contributed by atoms with Crippen molar-refractivity contribution >= 4 is 51.8 Å². The number of ether oxygens (including phenoxy) is 2. The first-order valence-electron chi connectivity index (χ1n) is 9.01. The molecule has 7 nitrogen and oxygen atoms in total. The third-order valence-corrected chi connectivity index (χ3v) is 6.04. The zero-order chi connectivity index (χ0) is 20.4. The van der Waals surface area contributed by atoms with Crippen LogP contribution in [-0.2, 0) is 19.1 Å². The van der Waals surface area contributed by atoms with E-state index in [-0.39, 0.29) is 30.4 Å². The Labute approximate surface area is 173 Å². The SMILES string of the molecule is CC(=O)Oc1ccc(N2C(=O)C[C@H](SC(=S)N3C[C@@H](C)O[C@H](C)C3)C2=O)cc1. The van der Waals surface area contributed by atoms with Crippen LogP contribution in [-0.4, -0.2) is 57.6 Å². The van der Waals surface area contributed by atoms with Crippen LogP contribution in [0, 0.1) is 0 Å². The maximum absolute atomic E-state index is 12.8. The Bertz CT molecular complexity index is 788. The number of carbonyl (C=O) groups is 3. The lowest BCUT2D eigenvalue weighted by molar-refractivity contribution is -0.132. The topological polar surface area (TPSA) is 76.2 Å². The number of rotatable bonds is 3. The minimum atomic E-state index is -0.540. The number of esters is 1. The molecular weight excluding hydrogens is 400 g/mol. The summed E-state index contributed by atoms with van der Waals surface area (Å²) in [5, 5.41) is -0.540. The molecule has 2 heterocycles. The van der Waals surface area contributed by atoms with Gasteiger partial charge in [-0.15, -0.1) is 0 Å². The smallest absolute Gasteiger partial charge is 0.308 e. The van der Waals surface area contributed by atoms with Gasteiger partial charge in [-0.25, -0.2) is 4.90 Å². The van der Waals surface area contributed by atoms with Crippen molar-refractivity contribution in [2.45, 2.75) is 44.6 Å². The van der Waals surface area contributed by atoms with Crippen LogP contribution in [0.4, 0.5) is 5.69 Å². The summed E-state index contributed by atoms with van der Waals surface area (Å²) in [6.07, 6.45) is 0.232. The molecule has 0 spiro atoms. The van der Waals surface area contributed by atoms with Gasteiger partial charge in [0.15, 0.2) is 0 Å². The molecule has 0 aliphatic carbocycles. The summed E-state index contributed by atoms with van der Waals surface area (Å²) in [5.74, 6) is -0.628. The van der Waals surface area contributed by atoms with Gasteiger partial charge in [-0.05, 0) is 38.1 Å². The second-order valence-electron chi connectivity index (χ2n) is 6.89. The zero-order valence-corrected chi connectivity index (χ0v) is 17.5. The highest BCUT2D eigenvalue weighted by Gasteiger charge is 2.41. The third kappa shape index (κ3) is 4.71. The molecule has 1 aromatic rings. The van der Waals surface area contributed by atoms with Crippen molar-refractivity contribution in [3.63, 3.8) is 0 Å². The van der Waals surface area contributed by atoms with E-state index < -0.39 is 11.2 Å². The second kappa shape index (κ2) is 8.59. The van der Waals surface area contributed by atoms with Gasteiger partial charge in [-0.3, -0.25) is 14.4 Å². The third-order valence-electron chi connectivity index (χ3n) is 4.38. The summed E-state index contributed by atoms with van der Waals surface area (Å²) in [7, 11) is 0. The fourth-order valence-electron chi connectivity index (χ4n) is 3.32. The fourth-order valence-corrected chi connectivity index (χ4v) is 4.79. The van der Waals surface area contributed by atoms with Crippen LogP contribution in [0.2, 0.25) is 0 Å². The monoisotopic (exact) mass is 422 g/mol. The molecule has 0 N–H and O–H groups in total.